The Balaban J connectivity index is 1.31. The molecule has 2 N–H and O–H groups in total. The maximum absolute atomic E-state index is 14.5. The van der Waals surface area contributed by atoms with Gasteiger partial charge in [-0.25, -0.2) is 0 Å². The van der Waals surface area contributed by atoms with Crippen molar-refractivity contribution in [1.82, 2.24) is 10.2 Å². The van der Waals surface area contributed by atoms with Gasteiger partial charge < -0.3 is 25.0 Å². The normalized spacial score (nSPS) is 36.9. The Labute approximate surface area is 243 Å². The van der Waals surface area contributed by atoms with Crippen LogP contribution in [0.4, 0.5) is 5.69 Å². The Morgan fingerprint density at radius 2 is 1.66 bits per heavy atom. The van der Waals surface area contributed by atoms with Gasteiger partial charge >= 0.3 is 0 Å². The van der Waals surface area contributed by atoms with Gasteiger partial charge in [0.1, 0.15) is 17.4 Å². The maximum atomic E-state index is 14.5. The number of ether oxygens (including phenoxy) is 2. The SMILES string of the molecule is COc1ccc(NC(=O)C2C3C=CC4(O3)C2C(=O)N(C2CCCCCCC2)C4C(=O)NC2CCCC(C)C2C)cc1. The van der Waals surface area contributed by atoms with E-state index in [-0.39, 0.29) is 29.8 Å². The van der Waals surface area contributed by atoms with E-state index >= 15 is 0 Å². The van der Waals surface area contributed by atoms with Gasteiger partial charge in [-0.05, 0) is 55.4 Å². The topological polar surface area (TPSA) is 97.0 Å². The van der Waals surface area contributed by atoms with Crippen LogP contribution < -0.4 is 15.4 Å². The number of hydrogen-bond donors (Lipinski definition) is 2. The molecule has 0 aromatic heterocycles. The van der Waals surface area contributed by atoms with Crippen molar-refractivity contribution in [3.05, 3.63) is 36.4 Å². The quantitative estimate of drug-likeness (QED) is 0.483. The number of nitrogens with one attached hydrogen (secondary N) is 2. The van der Waals surface area contributed by atoms with Crippen LogP contribution in [0.3, 0.4) is 0 Å². The summed E-state index contributed by atoms with van der Waals surface area (Å²) in [6.07, 6.45) is 13.9. The molecule has 6 rings (SSSR count). The van der Waals surface area contributed by atoms with Crippen molar-refractivity contribution in [2.24, 2.45) is 23.7 Å². The summed E-state index contributed by atoms with van der Waals surface area (Å²) < 4.78 is 11.8. The van der Waals surface area contributed by atoms with Gasteiger partial charge in [-0.1, -0.05) is 70.9 Å². The zero-order valence-corrected chi connectivity index (χ0v) is 24.6. The number of carbonyl (C=O) groups is 3. The Bertz CT molecular complexity index is 1180. The maximum Gasteiger partial charge on any atom is 0.246 e. The molecule has 8 nitrogen and oxygen atoms in total. The molecule has 4 fully saturated rings. The minimum atomic E-state index is -1.13. The summed E-state index contributed by atoms with van der Waals surface area (Å²) >= 11 is 0. The average Bonchev–Trinajstić information content (AvgIpc) is 3.59. The van der Waals surface area contributed by atoms with Crippen molar-refractivity contribution in [2.45, 2.75) is 108 Å². The standard InChI is InChI=1S/C33H45N3O5/c1-20-10-9-13-25(21(20)2)35-31(38)29-33-19-18-26(41-33)27(30(37)34-22-14-16-24(40-3)17-15-22)28(33)32(39)36(29)23-11-7-5-4-6-8-12-23/h14-21,23,25-29H,4-13H2,1-3H3,(H,34,37)(H,35,38). The molecule has 3 heterocycles. The Kier molecular flexibility index (Phi) is 7.88. The fraction of sp³-hybridized carbons (Fsp3) is 0.667. The molecule has 3 aliphatic heterocycles. The minimum absolute atomic E-state index is 0.0254. The molecular formula is C33H45N3O5. The van der Waals surface area contributed by atoms with Gasteiger partial charge in [0.05, 0.1) is 25.0 Å². The van der Waals surface area contributed by atoms with Crippen LogP contribution in [-0.2, 0) is 19.1 Å². The van der Waals surface area contributed by atoms with Gasteiger partial charge in [-0.2, -0.15) is 0 Å². The van der Waals surface area contributed by atoms with Gasteiger partial charge in [0.2, 0.25) is 17.7 Å². The third kappa shape index (κ3) is 4.96. The number of benzene rings is 1. The van der Waals surface area contributed by atoms with Crippen molar-refractivity contribution in [3.8, 4) is 5.75 Å². The van der Waals surface area contributed by atoms with E-state index in [0.29, 0.717) is 23.3 Å². The molecule has 2 saturated heterocycles. The highest BCUT2D eigenvalue weighted by Crippen LogP contribution is 2.56. The van der Waals surface area contributed by atoms with Crippen LogP contribution in [-0.4, -0.2) is 59.6 Å². The highest BCUT2D eigenvalue weighted by molar-refractivity contribution is 6.03. The second-order valence-electron chi connectivity index (χ2n) is 13.0. The lowest BCUT2D eigenvalue weighted by Gasteiger charge is -2.40. The Morgan fingerprint density at radius 1 is 0.951 bits per heavy atom. The fourth-order valence-electron chi connectivity index (χ4n) is 8.26. The first-order valence-corrected chi connectivity index (χ1v) is 15.8. The van der Waals surface area contributed by atoms with Crippen LogP contribution in [0.15, 0.2) is 36.4 Å². The van der Waals surface area contributed by atoms with Crippen LogP contribution in [0.1, 0.15) is 78.1 Å². The van der Waals surface area contributed by atoms with E-state index in [9.17, 15) is 14.4 Å². The number of carbonyl (C=O) groups excluding carboxylic acids is 3. The molecule has 0 radical (unpaired) electrons. The highest BCUT2D eigenvalue weighted by Gasteiger charge is 2.73. The van der Waals surface area contributed by atoms with Crippen molar-refractivity contribution in [2.75, 3.05) is 12.4 Å². The lowest BCUT2D eigenvalue weighted by atomic mass is 9.73. The van der Waals surface area contributed by atoms with Gasteiger partial charge in [-0.15, -0.1) is 0 Å². The number of nitrogens with zero attached hydrogens (tertiary/aromatic N) is 1. The molecule has 41 heavy (non-hydrogen) atoms. The molecule has 1 aromatic carbocycles. The molecular weight excluding hydrogens is 518 g/mol. The number of likely N-dealkylation sites (tertiary alicyclic amines) is 1. The van der Waals surface area contributed by atoms with Crippen molar-refractivity contribution < 1.29 is 23.9 Å². The lowest BCUT2D eigenvalue weighted by molar-refractivity contribution is -0.144. The van der Waals surface area contributed by atoms with Gasteiger partial charge in [-0.3, -0.25) is 14.4 Å². The molecule has 8 atom stereocenters. The highest BCUT2D eigenvalue weighted by atomic mass is 16.5. The summed E-state index contributed by atoms with van der Waals surface area (Å²) in [5.41, 5.74) is -0.492. The Hall–Kier alpha value is -2.87. The van der Waals surface area contributed by atoms with E-state index in [1.54, 1.807) is 31.4 Å². The van der Waals surface area contributed by atoms with E-state index in [1.165, 1.54) is 12.8 Å². The molecule has 8 unspecified atom stereocenters. The van der Waals surface area contributed by atoms with Crippen LogP contribution in [0.2, 0.25) is 0 Å². The summed E-state index contributed by atoms with van der Waals surface area (Å²) in [6, 6.07) is 6.44. The first-order valence-electron chi connectivity index (χ1n) is 15.8. The van der Waals surface area contributed by atoms with Gasteiger partial charge in [0.15, 0.2) is 0 Å². The molecule has 222 valence electrons. The molecule has 2 bridgehead atoms. The number of amides is 3. The van der Waals surface area contributed by atoms with Crippen molar-refractivity contribution >= 4 is 23.4 Å². The molecule has 2 aliphatic carbocycles. The van der Waals surface area contributed by atoms with Crippen LogP contribution >= 0.6 is 0 Å². The van der Waals surface area contributed by atoms with Gasteiger partial charge in [0, 0.05) is 17.8 Å². The predicted octanol–water partition coefficient (Wildman–Crippen LogP) is 4.84. The molecule has 1 spiro atoms. The summed E-state index contributed by atoms with van der Waals surface area (Å²) in [5, 5.41) is 6.39. The van der Waals surface area contributed by atoms with Crippen molar-refractivity contribution in [3.63, 3.8) is 0 Å². The number of hydrogen-bond acceptors (Lipinski definition) is 5. The number of fused-ring (bicyclic) bond motifs is 1. The summed E-state index contributed by atoms with van der Waals surface area (Å²) in [5.74, 6) is -0.305. The second kappa shape index (κ2) is 11.4. The van der Waals surface area contributed by atoms with Crippen LogP contribution in [0.5, 0.6) is 5.75 Å². The Morgan fingerprint density at radius 3 is 2.37 bits per heavy atom. The first-order chi connectivity index (χ1) is 19.8. The molecule has 3 amide bonds. The monoisotopic (exact) mass is 563 g/mol. The summed E-state index contributed by atoms with van der Waals surface area (Å²) in [7, 11) is 1.60. The second-order valence-corrected chi connectivity index (χ2v) is 13.0. The largest absolute Gasteiger partial charge is 0.497 e. The lowest BCUT2D eigenvalue weighted by Crippen LogP contribution is -2.59. The smallest absolute Gasteiger partial charge is 0.246 e. The number of anilines is 1. The number of rotatable bonds is 6. The summed E-state index contributed by atoms with van der Waals surface area (Å²) in [4.78, 5) is 44.5. The summed E-state index contributed by atoms with van der Waals surface area (Å²) in [6.45, 7) is 4.48. The number of methoxy groups -OCH3 is 1. The molecule has 2 saturated carbocycles. The van der Waals surface area contributed by atoms with E-state index in [4.69, 9.17) is 9.47 Å². The van der Waals surface area contributed by atoms with Crippen molar-refractivity contribution in [1.29, 1.82) is 0 Å². The average molecular weight is 564 g/mol. The van der Waals surface area contributed by atoms with E-state index in [2.05, 4.69) is 24.5 Å². The van der Waals surface area contributed by atoms with Crippen LogP contribution in [0.25, 0.3) is 0 Å². The van der Waals surface area contributed by atoms with Gasteiger partial charge in [0.25, 0.3) is 0 Å². The van der Waals surface area contributed by atoms with E-state index < -0.39 is 29.6 Å². The minimum Gasteiger partial charge on any atom is -0.497 e. The predicted molar refractivity (Wildman–Crippen MR) is 156 cm³/mol. The molecule has 8 heteroatoms. The first kappa shape index (κ1) is 28.3. The molecule has 5 aliphatic rings. The molecule has 1 aromatic rings. The van der Waals surface area contributed by atoms with Crippen LogP contribution in [0, 0.1) is 23.7 Å². The fourth-order valence-corrected chi connectivity index (χ4v) is 8.26. The third-order valence-corrected chi connectivity index (χ3v) is 10.7. The van der Waals surface area contributed by atoms with E-state index in [1.807, 2.05) is 17.1 Å². The zero-order valence-electron chi connectivity index (χ0n) is 24.6. The van der Waals surface area contributed by atoms with E-state index in [0.717, 1.165) is 51.4 Å². The zero-order chi connectivity index (χ0) is 28.7. The third-order valence-electron chi connectivity index (χ3n) is 10.7.